The number of hydrogen-bond donors (Lipinski definition) is 2. The first-order chi connectivity index (χ1) is 8.99. The van der Waals surface area contributed by atoms with Gasteiger partial charge in [0.1, 0.15) is 0 Å². The predicted octanol–water partition coefficient (Wildman–Crippen LogP) is 2.97. The molecule has 3 N–H and O–H groups in total. The average molecular weight is 272 g/mol. The molecule has 2 rings (SSSR count). The van der Waals surface area contributed by atoms with Crippen LogP contribution in [0.3, 0.4) is 0 Å². The molecule has 2 nitrogen and oxygen atoms in total. The maximum absolute atomic E-state index is 12.2. The fourth-order valence-electron chi connectivity index (χ4n) is 2.85. The number of alkyl halides is 3. The summed E-state index contributed by atoms with van der Waals surface area (Å²) in [5.41, 5.74) is 5.29. The summed E-state index contributed by atoms with van der Waals surface area (Å²) >= 11 is 0. The van der Waals surface area contributed by atoms with Crippen LogP contribution in [0.5, 0.6) is 0 Å². The van der Waals surface area contributed by atoms with Crippen molar-refractivity contribution in [3.63, 3.8) is 0 Å². The maximum atomic E-state index is 12.2. The maximum Gasteiger partial charge on any atom is 0.389 e. The predicted molar refractivity (Wildman–Crippen MR) is 68.4 cm³/mol. The number of halogens is 3. The van der Waals surface area contributed by atoms with Crippen LogP contribution in [-0.4, -0.2) is 12.2 Å². The van der Waals surface area contributed by atoms with Gasteiger partial charge in [-0.25, -0.2) is 0 Å². The highest BCUT2D eigenvalue weighted by atomic mass is 19.4. The number of nitrogens with one attached hydrogen (secondary N) is 1. The van der Waals surface area contributed by atoms with E-state index in [0.29, 0.717) is 12.3 Å². The molecule has 1 aliphatic carbocycles. The summed E-state index contributed by atoms with van der Waals surface area (Å²) in [7, 11) is 0. The molecule has 1 aromatic carbocycles. The smallest absolute Gasteiger partial charge is 0.271 e. The Kier molecular flexibility index (Phi) is 4.47. The summed E-state index contributed by atoms with van der Waals surface area (Å²) in [6.45, 7) is 0. The summed E-state index contributed by atoms with van der Waals surface area (Å²) in [5.74, 6) is 5.81. The van der Waals surface area contributed by atoms with Crippen molar-refractivity contribution in [3.8, 4) is 0 Å². The number of nitrogens with two attached hydrogens (primary N) is 1. The second-order valence-electron chi connectivity index (χ2n) is 5.22. The molecule has 5 heteroatoms. The fourth-order valence-corrected chi connectivity index (χ4v) is 2.85. The molecule has 0 spiro atoms. The van der Waals surface area contributed by atoms with Crippen LogP contribution in [0.2, 0.25) is 0 Å². The third kappa shape index (κ3) is 3.94. The van der Waals surface area contributed by atoms with Gasteiger partial charge in [-0.15, -0.1) is 0 Å². The van der Waals surface area contributed by atoms with Gasteiger partial charge in [-0.3, -0.25) is 11.3 Å². The van der Waals surface area contributed by atoms with E-state index in [9.17, 15) is 13.2 Å². The Morgan fingerprint density at radius 3 is 2.26 bits per heavy atom. The Bertz CT molecular complexity index is 392. The van der Waals surface area contributed by atoms with Gasteiger partial charge in [0.15, 0.2) is 0 Å². The van der Waals surface area contributed by atoms with Crippen LogP contribution >= 0.6 is 0 Å². The van der Waals surface area contributed by atoms with Gasteiger partial charge >= 0.3 is 6.18 Å². The van der Waals surface area contributed by atoms with E-state index in [1.165, 1.54) is 11.1 Å². The number of fused-ring (bicyclic) bond motifs is 1. The molecule has 0 bridgehead atoms. The molecule has 1 unspecified atom stereocenters. The molecule has 106 valence electrons. The second-order valence-corrected chi connectivity index (χ2v) is 5.22. The lowest BCUT2D eigenvalue weighted by Crippen LogP contribution is -2.41. The van der Waals surface area contributed by atoms with Crippen LogP contribution in [0.25, 0.3) is 0 Å². The van der Waals surface area contributed by atoms with E-state index in [0.717, 1.165) is 12.8 Å². The topological polar surface area (TPSA) is 38.0 Å². The first-order valence-corrected chi connectivity index (χ1v) is 6.59. The Hall–Kier alpha value is -1.07. The zero-order valence-electron chi connectivity index (χ0n) is 10.7. The van der Waals surface area contributed by atoms with Crippen molar-refractivity contribution in [2.45, 2.75) is 44.3 Å². The highest BCUT2D eigenvalue weighted by molar-refractivity contribution is 5.32. The Labute approximate surface area is 111 Å². The Morgan fingerprint density at radius 2 is 1.79 bits per heavy atom. The zero-order chi connectivity index (χ0) is 13.9. The van der Waals surface area contributed by atoms with Crippen molar-refractivity contribution in [1.29, 1.82) is 0 Å². The van der Waals surface area contributed by atoms with E-state index < -0.39 is 12.6 Å². The van der Waals surface area contributed by atoms with Gasteiger partial charge in [0, 0.05) is 12.5 Å². The van der Waals surface area contributed by atoms with Crippen LogP contribution in [0.1, 0.15) is 30.4 Å². The molecule has 0 saturated carbocycles. The molecule has 0 aromatic heterocycles. The van der Waals surface area contributed by atoms with E-state index >= 15 is 0 Å². The molecule has 19 heavy (non-hydrogen) atoms. The van der Waals surface area contributed by atoms with Gasteiger partial charge in [-0.2, -0.15) is 13.2 Å². The molecule has 0 fully saturated rings. The largest absolute Gasteiger partial charge is 0.389 e. The standard InChI is InChI=1S/C14H19F3N2/c15-14(16,17)7-3-6-13(19-18)12-8-10-4-1-2-5-11(10)9-12/h1-2,4-5,12-13,19H,3,6-9,18H2. The van der Waals surface area contributed by atoms with Gasteiger partial charge in [0.05, 0.1) is 0 Å². The molecular weight excluding hydrogens is 253 g/mol. The lowest BCUT2D eigenvalue weighted by atomic mass is 9.93. The van der Waals surface area contributed by atoms with E-state index in [1.807, 2.05) is 12.1 Å². The van der Waals surface area contributed by atoms with Crippen LogP contribution in [0.4, 0.5) is 13.2 Å². The van der Waals surface area contributed by atoms with Crippen molar-refractivity contribution >= 4 is 0 Å². The third-order valence-electron chi connectivity index (χ3n) is 3.84. The van der Waals surface area contributed by atoms with E-state index in [-0.39, 0.29) is 12.5 Å². The van der Waals surface area contributed by atoms with Crippen molar-refractivity contribution in [1.82, 2.24) is 5.43 Å². The SMILES string of the molecule is NNC(CCCC(F)(F)F)C1Cc2ccccc2C1. The monoisotopic (exact) mass is 272 g/mol. The van der Waals surface area contributed by atoms with Gasteiger partial charge in [0.2, 0.25) is 0 Å². The zero-order valence-corrected chi connectivity index (χ0v) is 10.7. The van der Waals surface area contributed by atoms with E-state index in [4.69, 9.17) is 5.84 Å². The summed E-state index contributed by atoms with van der Waals surface area (Å²) in [5, 5.41) is 0. The number of rotatable bonds is 5. The quantitative estimate of drug-likeness (QED) is 0.639. The highest BCUT2D eigenvalue weighted by Crippen LogP contribution is 2.31. The van der Waals surface area contributed by atoms with Crippen molar-refractivity contribution in [3.05, 3.63) is 35.4 Å². The molecule has 0 aliphatic heterocycles. The number of hydrogen-bond acceptors (Lipinski definition) is 2. The third-order valence-corrected chi connectivity index (χ3v) is 3.84. The summed E-state index contributed by atoms with van der Waals surface area (Å²) < 4.78 is 36.5. The van der Waals surface area contributed by atoms with Gasteiger partial charge < -0.3 is 0 Å². The average Bonchev–Trinajstić information content (AvgIpc) is 2.76. The summed E-state index contributed by atoms with van der Waals surface area (Å²) in [6, 6.07) is 8.11. The van der Waals surface area contributed by atoms with Crippen LogP contribution < -0.4 is 11.3 Å². The van der Waals surface area contributed by atoms with Crippen LogP contribution in [0, 0.1) is 5.92 Å². The van der Waals surface area contributed by atoms with Crippen molar-refractivity contribution < 1.29 is 13.2 Å². The Morgan fingerprint density at radius 1 is 1.21 bits per heavy atom. The molecule has 0 saturated heterocycles. The first kappa shape index (κ1) is 14.3. The van der Waals surface area contributed by atoms with Crippen LogP contribution in [-0.2, 0) is 12.8 Å². The molecule has 1 atom stereocenters. The summed E-state index contributed by atoms with van der Waals surface area (Å²) in [6.07, 6.45) is -2.41. The number of benzene rings is 1. The first-order valence-electron chi connectivity index (χ1n) is 6.59. The van der Waals surface area contributed by atoms with Gasteiger partial charge in [-0.05, 0) is 42.7 Å². The molecule has 0 heterocycles. The minimum absolute atomic E-state index is 0.0465. The Balaban J connectivity index is 1.87. The lowest BCUT2D eigenvalue weighted by Gasteiger charge is -2.22. The van der Waals surface area contributed by atoms with Crippen molar-refractivity contribution in [2.75, 3.05) is 0 Å². The summed E-state index contributed by atoms with van der Waals surface area (Å²) in [4.78, 5) is 0. The van der Waals surface area contributed by atoms with Crippen LogP contribution in [0.15, 0.2) is 24.3 Å². The molecule has 1 aliphatic rings. The van der Waals surface area contributed by atoms with Crippen molar-refractivity contribution in [2.24, 2.45) is 11.8 Å². The highest BCUT2D eigenvalue weighted by Gasteiger charge is 2.30. The minimum atomic E-state index is -4.07. The van der Waals surface area contributed by atoms with E-state index in [2.05, 4.69) is 17.6 Å². The second kappa shape index (κ2) is 5.92. The van der Waals surface area contributed by atoms with Gasteiger partial charge in [-0.1, -0.05) is 24.3 Å². The molecular formula is C14H19F3N2. The fraction of sp³-hybridized carbons (Fsp3) is 0.571. The lowest BCUT2D eigenvalue weighted by molar-refractivity contribution is -0.136. The minimum Gasteiger partial charge on any atom is -0.271 e. The number of hydrazine groups is 1. The van der Waals surface area contributed by atoms with Gasteiger partial charge in [0.25, 0.3) is 0 Å². The molecule has 0 amide bonds. The normalized spacial score (nSPS) is 17.5. The van der Waals surface area contributed by atoms with E-state index in [1.54, 1.807) is 0 Å². The molecule has 0 radical (unpaired) electrons. The molecule has 1 aromatic rings.